The van der Waals surface area contributed by atoms with E-state index in [-0.39, 0.29) is 5.56 Å². The van der Waals surface area contributed by atoms with Crippen molar-refractivity contribution in [1.29, 1.82) is 0 Å². The predicted octanol–water partition coefficient (Wildman–Crippen LogP) is 5.90. The number of esters is 1. The van der Waals surface area contributed by atoms with E-state index in [0.717, 1.165) is 73.8 Å². The third-order valence-electron chi connectivity index (χ3n) is 4.66. The predicted molar refractivity (Wildman–Crippen MR) is 137 cm³/mol. The first-order valence-electron chi connectivity index (χ1n) is 11.4. The first kappa shape index (κ1) is 34.0. The number of carbonyl (C=O) groups is 1. The van der Waals surface area contributed by atoms with Crippen LogP contribution in [0.2, 0.25) is 0 Å². The van der Waals surface area contributed by atoms with Gasteiger partial charge in [0.1, 0.15) is 11.5 Å². The summed E-state index contributed by atoms with van der Waals surface area (Å²) in [5.74, 6) is -2.34. The second kappa shape index (κ2) is 13.2. The lowest BCUT2D eigenvalue weighted by Crippen LogP contribution is -2.19. The van der Waals surface area contributed by atoms with Crippen molar-refractivity contribution in [3.05, 3.63) is 72.3 Å². The number of methoxy groups -OCH3 is 1. The Morgan fingerprint density at radius 2 is 1.02 bits per heavy atom. The van der Waals surface area contributed by atoms with Gasteiger partial charge in [-0.15, -0.1) is 26.3 Å². The normalized spacial score (nSPS) is 11.9. The van der Waals surface area contributed by atoms with Gasteiger partial charge in [0, 0.05) is 0 Å². The first-order chi connectivity index (χ1) is 19.4. The molecule has 18 heteroatoms. The average molecular weight is 645 g/mol. The quantitative estimate of drug-likeness (QED) is 0.217. The van der Waals surface area contributed by atoms with E-state index in [1.807, 2.05) is 23.3 Å². The number of hydrogen-bond acceptors (Lipinski definition) is 8. The molecule has 0 spiro atoms. The molecule has 2 N–H and O–H groups in total. The molecule has 0 atom stereocenters. The molecule has 0 saturated carbocycles. The Morgan fingerprint density at radius 3 is 1.38 bits per heavy atom. The lowest BCUT2D eigenvalue weighted by Gasteiger charge is -2.16. The van der Waals surface area contributed by atoms with Crippen LogP contribution in [0.15, 0.2) is 76.5 Å². The summed E-state index contributed by atoms with van der Waals surface area (Å²) in [5.41, 5.74) is -1.14. The van der Waals surface area contributed by atoms with Crippen LogP contribution in [-0.2, 0) is 24.8 Å². The molecule has 230 valence electrons. The zero-order valence-corrected chi connectivity index (χ0v) is 23.3. The smallest absolute Gasteiger partial charge is 0.465 e. The highest BCUT2D eigenvalue weighted by atomic mass is 32.2. The van der Waals surface area contributed by atoms with E-state index < -0.39 is 71.4 Å². The van der Waals surface area contributed by atoms with Gasteiger partial charge in [-0.1, -0.05) is 13.8 Å². The highest BCUT2D eigenvalue weighted by Gasteiger charge is 2.32. The molecule has 0 radical (unpaired) electrons. The van der Waals surface area contributed by atoms with Crippen molar-refractivity contribution in [3.63, 3.8) is 0 Å². The van der Waals surface area contributed by atoms with Crippen LogP contribution < -0.4 is 18.9 Å². The maximum atomic E-state index is 12.9. The van der Waals surface area contributed by atoms with E-state index >= 15 is 0 Å². The Morgan fingerprint density at radius 1 is 0.643 bits per heavy atom. The van der Waals surface area contributed by atoms with E-state index in [9.17, 15) is 48.0 Å². The summed E-state index contributed by atoms with van der Waals surface area (Å²) in [4.78, 5) is 10.9. The molecule has 0 heterocycles. The zero-order chi connectivity index (χ0) is 31.9. The summed E-state index contributed by atoms with van der Waals surface area (Å²) >= 11 is 0. The number of halogens is 6. The Labute approximate surface area is 236 Å². The Hall–Kier alpha value is -4.19. The number of alkyl halides is 6. The molecule has 3 aromatic rings. The summed E-state index contributed by atoms with van der Waals surface area (Å²) in [5, 5.41) is 0. The molecule has 0 aliphatic heterocycles. The summed E-state index contributed by atoms with van der Waals surface area (Å²) < 4.78 is 142. The van der Waals surface area contributed by atoms with E-state index in [0.29, 0.717) is 0 Å². The minimum atomic E-state index is -5.02. The highest BCUT2D eigenvalue weighted by molar-refractivity contribution is 7.93. The van der Waals surface area contributed by atoms with Crippen LogP contribution in [0.25, 0.3) is 0 Å². The van der Waals surface area contributed by atoms with Gasteiger partial charge in [-0.05, 0) is 66.7 Å². The number of sulfonamides is 2. The molecule has 0 aromatic heterocycles. The summed E-state index contributed by atoms with van der Waals surface area (Å²) in [6.45, 7) is 4.00. The van der Waals surface area contributed by atoms with Crippen LogP contribution >= 0.6 is 0 Å². The molecule has 3 rings (SSSR count). The second-order valence-electron chi connectivity index (χ2n) is 7.50. The molecule has 0 amide bonds. The molecule has 0 saturated heterocycles. The average Bonchev–Trinajstić information content (AvgIpc) is 2.89. The van der Waals surface area contributed by atoms with Crippen molar-refractivity contribution in [3.8, 4) is 11.5 Å². The van der Waals surface area contributed by atoms with Gasteiger partial charge in [0.2, 0.25) is 0 Å². The Balaban J connectivity index is 0.00000301. The number of rotatable bonds is 9. The fourth-order valence-electron chi connectivity index (χ4n) is 3.01. The SMILES string of the molecule is CC.COC(=O)c1ccc(NS(=O)(=O)c2ccc(OC(F)(F)F)cc2)c(NS(=O)(=O)c2ccc(OC(F)(F)F)cc2)c1. The standard InChI is InChI=1S/C22H16F6N2O8S2.C2H6/c1-36-20(31)13-2-11-18(29-39(32,33)16-7-3-14(4-8-16)37-21(23,24)25)19(12-13)30-40(34,35)17-9-5-15(6-10-17)38-22(26,27)28;1-2/h2-12,29-30H,1H3;1-2H3. The molecule has 0 bridgehead atoms. The van der Waals surface area contributed by atoms with E-state index in [1.54, 1.807) is 0 Å². The zero-order valence-electron chi connectivity index (χ0n) is 21.7. The van der Waals surface area contributed by atoms with Gasteiger partial charge in [-0.2, -0.15) is 0 Å². The summed E-state index contributed by atoms with van der Waals surface area (Å²) in [7, 11) is -8.10. The van der Waals surface area contributed by atoms with Crippen molar-refractivity contribution >= 4 is 37.4 Å². The van der Waals surface area contributed by atoms with Crippen molar-refractivity contribution in [2.45, 2.75) is 36.4 Å². The Bertz CT molecular complexity index is 1590. The van der Waals surface area contributed by atoms with E-state index in [1.165, 1.54) is 0 Å². The molecule has 3 aromatic carbocycles. The molecule has 0 unspecified atom stereocenters. The first-order valence-corrected chi connectivity index (χ1v) is 14.3. The number of carbonyl (C=O) groups excluding carboxylic acids is 1. The van der Waals surface area contributed by atoms with Crippen LogP contribution in [0.1, 0.15) is 24.2 Å². The number of benzene rings is 3. The number of nitrogens with one attached hydrogen (secondary N) is 2. The number of ether oxygens (including phenoxy) is 3. The fourth-order valence-corrected chi connectivity index (χ4v) is 5.16. The van der Waals surface area contributed by atoms with Crippen LogP contribution in [0.3, 0.4) is 0 Å². The maximum Gasteiger partial charge on any atom is 0.573 e. The molecule has 42 heavy (non-hydrogen) atoms. The van der Waals surface area contributed by atoms with Crippen molar-refractivity contribution in [2.75, 3.05) is 16.6 Å². The molecular formula is C24H22F6N2O8S2. The van der Waals surface area contributed by atoms with Crippen molar-refractivity contribution in [2.24, 2.45) is 0 Å². The molecule has 0 aliphatic rings. The minimum Gasteiger partial charge on any atom is -0.465 e. The fraction of sp³-hybridized carbons (Fsp3) is 0.208. The lowest BCUT2D eigenvalue weighted by molar-refractivity contribution is -0.275. The third kappa shape index (κ3) is 9.72. The molecule has 0 fully saturated rings. The summed E-state index contributed by atoms with van der Waals surface area (Å²) in [6, 6.07) is 9.07. The van der Waals surface area contributed by atoms with Gasteiger partial charge in [-0.25, -0.2) is 21.6 Å². The van der Waals surface area contributed by atoms with E-state index in [2.05, 4.69) is 14.2 Å². The van der Waals surface area contributed by atoms with Crippen LogP contribution in [0.5, 0.6) is 11.5 Å². The van der Waals surface area contributed by atoms with E-state index in [4.69, 9.17) is 0 Å². The van der Waals surface area contributed by atoms with Crippen LogP contribution in [0.4, 0.5) is 37.7 Å². The highest BCUT2D eigenvalue weighted by Crippen LogP contribution is 2.31. The molecular weight excluding hydrogens is 622 g/mol. The Kier molecular flexibility index (Phi) is 10.7. The number of anilines is 2. The van der Waals surface area contributed by atoms with Gasteiger partial charge in [-0.3, -0.25) is 9.44 Å². The molecule has 10 nitrogen and oxygen atoms in total. The third-order valence-corrected chi connectivity index (χ3v) is 7.43. The van der Waals surface area contributed by atoms with Crippen LogP contribution in [-0.4, -0.2) is 42.6 Å². The van der Waals surface area contributed by atoms with Gasteiger partial charge >= 0.3 is 18.7 Å². The largest absolute Gasteiger partial charge is 0.573 e. The maximum absolute atomic E-state index is 12.9. The van der Waals surface area contributed by atoms with Gasteiger partial charge in [0.25, 0.3) is 20.0 Å². The lowest BCUT2D eigenvalue weighted by atomic mass is 10.2. The van der Waals surface area contributed by atoms with Crippen LogP contribution in [0, 0.1) is 0 Å². The number of hydrogen-bond donors (Lipinski definition) is 2. The monoisotopic (exact) mass is 644 g/mol. The van der Waals surface area contributed by atoms with Gasteiger partial charge < -0.3 is 14.2 Å². The van der Waals surface area contributed by atoms with Crippen molar-refractivity contribution < 1.29 is 62.2 Å². The summed E-state index contributed by atoms with van der Waals surface area (Å²) in [6.07, 6.45) is -10.0. The molecule has 0 aliphatic carbocycles. The van der Waals surface area contributed by atoms with Gasteiger partial charge in [0.15, 0.2) is 0 Å². The minimum absolute atomic E-state index is 0.217. The second-order valence-corrected chi connectivity index (χ2v) is 10.9. The van der Waals surface area contributed by atoms with Crippen molar-refractivity contribution in [1.82, 2.24) is 0 Å². The van der Waals surface area contributed by atoms with Gasteiger partial charge in [0.05, 0.1) is 33.8 Å². The topological polar surface area (TPSA) is 137 Å².